The van der Waals surface area contributed by atoms with Crippen molar-refractivity contribution >= 4 is 23.2 Å². The molecular weight excluding hydrogens is 328 g/mol. The van der Waals surface area contributed by atoms with Gasteiger partial charge in [0.25, 0.3) is 0 Å². The third kappa shape index (κ3) is 3.01. The number of carbonyl (C=O) groups excluding carboxylic acids is 2. The fraction of sp³-hybridized carbons (Fsp3) is 0.545. The highest BCUT2D eigenvalue weighted by molar-refractivity contribution is 8.14. The van der Waals surface area contributed by atoms with Crippen molar-refractivity contribution in [1.82, 2.24) is 0 Å². The Morgan fingerprint density at radius 2 is 1.88 bits per heavy atom. The number of thioether (sulfide) groups is 1. The average molecular weight is 357 g/mol. The van der Waals surface area contributed by atoms with Crippen molar-refractivity contribution in [3.8, 4) is 0 Å². The van der Waals surface area contributed by atoms with E-state index in [0.29, 0.717) is 5.92 Å². The smallest absolute Gasteiger partial charge is 0.205 e. The summed E-state index contributed by atoms with van der Waals surface area (Å²) in [7, 11) is 0. The van der Waals surface area contributed by atoms with Crippen LogP contribution in [0, 0.1) is 11.8 Å². The zero-order chi connectivity index (χ0) is 17.9. The first-order valence-electron chi connectivity index (χ1n) is 9.67. The number of hydrogen-bond donors (Lipinski definition) is 0. The van der Waals surface area contributed by atoms with Crippen molar-refractivity contribution in [3.05, 3.63) is 41.5 Å². The van der Waals surface area contributed by atoms with Crippen LogP contribution >= 0.6 is 11.8 Å². The van der Waals surface area contributed by atoms with Gasteiger partial charge in [0.1, 0.15) is 6.29 Å². The first-order chi connectivity index (χ1) is 12.2. The second-order valence-corrected chi connectivity index (χ2v) is 8.36. The van der Waals surface area contributed by atoms with Crippen LogP contribution in [0.15, 0.2) is 40.8 Å². The van der Waals surface area contributed by atoms with Gasteiger partial charge in [0.15, 0.2) is 0 Å². The summed E-state index contributed by atoms with van der Waals surface area (Å²) in [6.07, 6.45) is 10.4. The second-order valence-electron chi connectivity index (χ2n) is 7.35. The molecular formula is C22H28O2S. The van der Waals surface area contributed by atoms with Crippen LogP contribution < -0.4 is 0 Å². The summed E-state index contributed by atoms with van der Waals surface area (Å²) in [6, 6.07) is 8.27. The van der Waals surface area contributed by atoms with Gasteiger partial charge in [-0.25, -0.2) is 0 Å². The third-order valence-electron chi connectivity index (χ3n) is 6.00. The fourth-order valence-corrected chi connectivity index (χ4v) is 6.07. The summed E-state index contributed by atoms with van der Waals surface area (Å²) in [5, 5.41) is 0.267. The zero-order valence-corrected chi connectivity index (χ0v) is 16.1. The number of allylic oxidation sites excluding steroid dienone is 2. The molecule has 0 saturated carbocycles. The standard InChI is InChI=1S/C22H28O2S/c1-3-5-9-17-14-13-16(15-23)18(10-6-4-2)22(17)19-11-7-8-12-20(19)25-21(22)24/h7-8,11-13,15,17-18H,3-6,9-10,14H2,1-2H3/t17-,18-,22-/m1/s1. The lowest BCUT2D eigenvalue weighted by atomic mass is 9.55. The number of hydrogen-bond acceptors (Lipinski definition) is 3. The molecule has 3 rings (SSSR count). The van der Waals surface area contributed by atoms with Crippen molar-refractivity contribution in [1.29, 1.82) is 0 Å². The predicted molar refractivity (Wildman–Crippen MR) is 104 cm³/mol. The minimum atomic E-state index is -0.503. The van der Waals surface area contributed by atoms with Crippen molar-refractivity contribution in [2.45, 2.75) is 69.1 Å². The highest BCUT2D eigenvalue weighted by Gasteiger charge is 2.58. The lowest BCUT2D eigenvalue weighted by Gasteiger charge is -2.46. The Morgan fingerprint density at radius 3 is 2.60 bits per heavy atom. The molecule has 0 radical (unpaired) electrons. The van der Waals surface area contributed by atoms with Crippen molar-refractivity contribution in [2.75, 3.05) is 0 Å². The Balaban J connectivity index is 2.15. The normalized spacial score (nSPS) is 28.1. The van der Waals surface area contributed by atoms with Crippen LogP contribution in [0.4, 0.5) is 0 Å². The molecule has 0 fully saturated rings. The summed E-state index contributed by atoms with van der Waals surface area (Å²) >= 11 is 1.40. The van der Waals surface area contributed by atoms with Crippen LogP contribution in [0.25, 0.3) is 0 Å². The molecule has 0 N–H and O–H groups in total. The zero-order valence-electron chi connectivity index (χ0n) is 15.3. The van der Waals surface area contributed by atoms with Gasteiger partial charge in [-0.2, -0.15) is 0 Å². The average Bonchev–Trinajstić information content (AvgIpc) is 2.92. The Bertz CT molecular complexity index is 678. The molecule has 0 amide bonds. The largest absolute Gasteiger partial charge is 0.298 e. The second kappa shape index (κ2) is 7.90. The van der Waals surface area contributed by atoms with Gasteiger partial charge in [-0.05, 0) is 42.4 Å². The lowest BCUT2D eigenvalue weighted by Crippen LogP contribution is -2.49. The SMILES string of the molecule is CCCC[C@@H]1CC=C(C=O)[C@@H](CCCC)[C@]12C(=O)Sc1ccccc12. The molecule has 3 heteroatoms. The first kappa shape index (κ1) is 18.4. The topological polar surface area (TPSA) is 34.1 Å². The quantitative estimate of drug-likeness (QED) is 0.588. The van der Waals surface area contributed by atoms with Crippen molar-refractivity contribution in [3.63, 3.8) is 0 Å². The van der Waals surface area contributed by atoms with Gasteiger partial charge >= 0.3 is 0 Å². The molecule has 134 valence electrons. The monoisotopic (exact) mass is 356 g/mol. The van der Waals surface area contributed by atoms with Crippen LogP contribution in [-0.2, 0) is 15.0 Å². The van der Waals surface area contributed by atoms with Gasteiger partial charge in [-0.15, -0.1) is 0 Å². The fourth-order valence-electron chi connectivity index (χ4n) is 4.79. The predicted octanol–water partition coefficient (Wildman–Crippen LogP) is 5.70. The Hall–Kier alpha value is -1.35. The Morgan fingerprint density at radius 1 is 1.16 bits per heavy atom. The van der Waals surface area contributed by atoms with E-state index in [0.717, 1.165) is 61.7 Å². The van der Waals surface area contributed by atoms with E-state index in [1.54, 1.807) is 0 Å². The lowest BCUT2D eigenvalue weighted by molar-refractivity contribution is -0.120. The number of fused-ring (bicyclic) bond motifs is 2. The third-order valence-corrected chi connectivity index (χ3v) is 7.09. The molecule has 1 aromatic rings. The highest BCUT2D eigenvalue weighted by Crippen LogP contribution is 2.59. The van der Waals surface area contributed by atoms with Crippen LogP contribution in [0.1, 0.15) is 64.4 Å². The summed E-state index contributed by atoms with van der Waals surface area (Å²) in [5.41, 5.74) is 1.53. The van der Waals surface area contributed by atoms with Gasteiger partial charge in [-0.1, -0.05) is 75.6 Å². The van der Waals surface area contributed by atoms with Gasteiger partial charge in [-0.3, -0.25) is 9.59 Å². The summed E-state index contributed by atoms with van der Waals surface area (Å²) in [6.45, 7) is 4.38. The van der Waals surface area contributed by atoms with Crippen LogP contribution in [0.3, 0.4) is 0 Å². The van der Waals surface area contributed by atoms with Crippen LogP contribution in [0.5, 0.6) is 0 Å². The maximum absolute atomic E-state index is 13.4. The summed E-state index contributed by atoms with van der Waals surface area (Å²) < 4.78 is 0. The van der Waals surface area contributed by atoms with Gasteiger partial charge < -0.3 is 0 Å². The van der Waals surface area contributed by atoms with Gasteiger partial charge in [0.05, 0.1) is 5.41 Å². The molecule has 1 aromatic carbocycles. The van der Waals surface area contributed by atoms with Crippen LogP contribution in [0.2, 0.25) is 0 Å². The molecule has 3 atom stereocenters. The highest BCUT2D eigenvalue weighted by atomic mass is 32.2. The first-order valence-corrected chi connectivity index (χ1v) is 10.5. The summed E-state index contributed by atoms with van der Waals surface area (Å²) in [5.74, 6) is 0.339. The van der Waals surface area contributed by atoms with Gasteiger partial charge in [0.2, 0.25) is 5.12 Å². The molecule has 25 heavy (non-hydrogen) atoms. The summed E-state index contributed by atoms with van der Waals surface area (Å²) in [4.78, 5) is 26.4. The maximum atomic E-state index is 13.4. The van der Waals surface area contributed by atoms with Gasteiger partial charge in [0, 0.05) is 10.8 Å². The molecule has 0 aromatic heterocycles. The van der Waals surface area contributed by atoms with E-state index in [-0.39, 0.29) is 11.0 Å². The molecule has 2 aliphatic rings. The molecule has 1 heterocycles. The number of carbonyl (C=O) groups is 2. The molecule has 1 aliphatic carbocycles. The van der Waals surface area contributed by atoms with E-state index >= 15 is 0 Å². The number of benzene rings is 1. The number of unbranched alkanes of at least 4 members (excludes halogenated alkanes) is 2. The number of aldehydes is 1. The van der Waals surface area contributed by atoms with E-state index in [4.69, 9.17) is 0 Å². The van der Waals surface area contributed by atoms with E-state index in [2.05, 4.69) is 32.1 Å². The van der Waals surface area contributed by atoms with E-state index < -0.39 is 5.41 Å². The Kier molecular flexibility index (Phi) is 5.83. The minimum absolute atomic E-state index is 0.0317. The van der Waals surface area contributed by atoms with E-state index in [1.807, 2.05) is 12.1 Å². The molecule has 1 aliphatic heterocycles. The Labute approximate surface area is 155 Å². The minimum Gasteiger partial charge on any atom is -0.298 e. The van der Waals surface area contributed by atoms with E-state index in [1.165, 1.54) is 17.3 Å². The van der Waals surface area contributed by atoms with Crippen LogP contribution in [-0.4, -0.2) is 11.4 Å². The maximum Gasteiger partial charge on any atom is 0.205 e. The molecule has 0 bridgehead atoms. The molecule has 1 spiro atoms. The number of rotatable bonds is 7. The molecule has 0 saturated heterocycles. The van der Waals surface area contributed by atoms with E-state index in [9.17, 15) is 9.59 Å². The van der Waals surface area contributed by atoms with Crippen molar-refractivity contribution in [2.24, 2.45) is 11.8 Å². The molecule has 2 nitrogen and oxygen atoms in total. The molecule has 0 unspecified atom stereocenters. The van der Waals surface area contributed by atoms with Crippen molar-refractivity contribution < 1.29 is 9.59 Å².